The molecule has 3 heterocycles. The lowest BCUT2D eigenvalue weighted by Crippen LogP contribution is -2.19. The van der Waals surface area contributed by atoms with Crippen LogP contribution in [0.1, 0.15) is 12.8 Å². The van der Waals surface area contributed by atoms with Crippen molar-refractivity contribution in [2.75, 3.05) is 18.0 Å². The first kappa shape index (κ1) is 9.15. The maximum atomic E-state index is 4.39. The highest BCUT2D eigenvalue weighted by Crippen LogP contribution is 2.31. The molecule has 0 spiro atoms. The van der Waals surface area contributed by atoms with Crippen molar-refractivity contribution in [1.82, 2.24) is 15.0 Å². The normalized spacial score (nSPS) is 16.5. The van der Waals surface area contributed by atoms with Gasteiger partial charge in [0.25, 0.3) is 0 Å². The summed E-state index contributed by atoms with van der Waals surface area (Å²) in [6, 6.07) is 0. The first-order valence-corrected chi connectivity index (χ1v) is 5.88. The van der Waals surface area contributed by atoms with E-state index in [1.165, 1.54) is 12.8 Å². The molecule has 0 atom stereocenters. The molecule has 4 nitrogen and oxygen atoms in total. The second kappa shape index (κ2) is 3.48. The van der Waals surface area contributed by atoms with Gasteiger partial charge in [0.05, 0.1) is 5.39 Å². The second-order valence-corrected chi connectivity index (χ2v) is 4.61. The van der Waals surface area contributed by atoms with Crippen LogP contribution in [0.3, 0.4) is 0 Å². The van der Waals surface area contributed by atoms with Crippen LogP contribution in [-0.4, -0.2) is 28.0 Å². The van der Waals surface area contributed by atoms with Crippen LogP contribution >= 0.6 is 15.9 Å². The van der Waals surface area contributed by atoms with Crippen molar-refractivity contribution in [3.63, 3.8) is 0 Å². The zero-order chi connectivity index (χ0) is 10.3. The summed E-state index contributed by atoms with van der Waals surface area (Å²) in [6.07, 6.45) is 6.05. The van der Waals surface area contributed by atoms with Gasteiger partial charge < -0.3 is 9.88 Å². The highest BCUT2D eigenvalue weighted by atomic mass is 79.9. The van der Waals surface area contributed by atoms with Crippen molar-refractivity contribution in [3.05, 3.63) is 17.0 Å². The van der Waals surface area contributed by atoms with E-state index in [1.807, 2.05) is 6.20 Å². The Morgan fingerprint density at radius 2 is 2.07 bits per heavy atom. The summed E-state index contributed by atoms with van der Waals surface area (Å²) in [6.45, 7) is 2.20. The Bertz CT molecular complexity index is 487. The molecule has 2 aromatic rings. The molecule has 78 valence electrons. The Morgan fingerprint density at radius 3 is 2.87 bits per heavy atom. The standard InChI is InChI=1S/C10H11BrN4/c11-7-5-12-9-8(7)10(14-6-13-9)15-3-1-2-4-15/h5-6H,1-4H2,(H,12,13,14). The van der Waals surface area contributed by atoms with Crippen LogP contribution in [0.5, 0.6) is 0 Å². The van der Waals surface area contributed by atoms with Crippen LogP contribution in [0, 0.1) is 0 Å². The smallest absolute Gasteiger partial charge is 0.144 e. The van der Waals surface area contributed by atoms with Gasteiger partial charge in [-0.1, -0.05) is 0 Å². The lowest BCUT2D eigenvalue weighted by Gasteiger charge is -2.16. The Kier molecular flexibility index (Phi) is 2.12. The van der Waals surface area contributed by atoms with Crippen LogP contribution < -0.4 is 4.90 Å². The highest BCUT2D eigenvalue weighted by molar-refractivity contribution is 9.10. The third kappa shape index (κ3) is 1.42. The first-order chi connectivity index (χ1) is 7.36. The molecule has 1 N–H and O–H groups in total. The molecule has 15 heavy (non-hydrogen) atoms. The summed E-state index contributed by atoms with van der Waals surface area (Å²) in [7, 11) is 0. The molecule has 0 bridgehead atoms. The van der Waals surface area contributed by atoms with E-state index in [0.29, 0.717) is 0 Å². The lowest BCUT2D eigenvalue weighted by atomic mass is 10.3. The molecular weight excluding hydrogens is 256 g/mol. The molecule has 0 saturated carbocycles. The molecule has 2 aromatic heterocycles. The van der Waals surface area contributed by atoms with Crippen LogP contribution in [0.25, 0.3) is 11.0 Å². The van der Waals surface area contributed by atoms with Crippen molar-refractivity contribution in [2.24, 2.45) is 0 Å². The number of aromatic nitrogens is 3. The predicted molar refractivity (Wildman–Crippen MR) is 63.0 cm³/mol. The molecule has 0 unspecified atom stereocenters. The average molecular weight is 267 g/mol. The quantitative estimate of drug-likeness (QED) is 0.862. The fourth-order valence-corrected chi connectivity index (χ4v) is 2.56. The van der Waals surface area contributed by atoms with E-state index in [0.717, 1.165) is 34.4 Å². The van der Waals surface area contributed by atoms with Crippen molar-refractivity contribution in [3.8, 4) is 0 Å². The Hall–Kier alpha value is -1.10. The van der Waals surface area contributed by atoms with Crippen LogP contribution in [0.4, 0.5) is 5.82 Å². The molecule has 1 aliphatic heterocycles. The first-order valence-electron chi connectivity index (χ1n) is 5.09. The molecule has 1 fully saturated rings. The van der Waals surface area contributed by atoms with Gasteiger partial charge in [-0.2, -0.15) is 0 Å². The van der Waals surface area contributed by atoms with Gasteiger partial charge in [0.2, 0.25) is 0 Å². The van der Waals surface area contributed by atoms with Crippen molar-refractivity contribution < 1.29 is 0 Å². The minimum absolute atomic E-state index is 0.902. The number of H-pyrrole nitrogens is 1. The van der Waals surface area contributed by atoms with E-state index in [-0.39, 0.29) is 0 Å². The fraction of sp³-hybridized carbons (Fsp3) is 0.400. The number of rotatable bonds is 1. The maximum Gasteiger partial charge on any atom is 0.144 e. The third-order valence-corrected chi connectivity index (χ3v) is 3.43. The van der Waals surface area contributed by atoms with Gasteiger partial charge in [0, 0.05) is 23.8 Å². The van der Waals surface area contributed by atoms with Crippen molar-refractivity contribution in [2.45, 2.75) is 12.8 Å². The van der Waals surface area contributed by atoms with Gasteiger partial charge in [-0.15, -0.1) is 0 Å². The molecule has 0 aromatic carbocycles. The van der Waals surface area contributed by atoms with E-state index in [9.17, 15) is 0 Å². The molecule has 5 heteroatoms. The molecule has 3 rings (SSSR count). The number of anilines is 1. The van der Waals surface area contributed by atoms with Crippen LogP contribution in [0.15, 0.2) is 17.0 Å². The van der Waals surface area contributed by atoms with Gasteiger partial charge >= 0.3 is 0 Å². The van der Waals surface area contributed by atoms with E-state index < -0.39 is 0 Å². The zero-order valence-corrected chi connectivity index (χ0v) is 9.79. The van der Waals surface area contributed by atoms with Gasteiger partial charge in [0.15, 0.2) is 0 Å². The van der Waals surface area contributed by atoms with Gasteiger partial charge in [0.1, 0.15) is 17.8 Å². The summed E-state index contributed by atoms with van der Waals surface area (Å²) in [4.78, 5) is 14.0. The fourth-order valence-electron chi connectivity index (χ4n) is 2.08. The minimum Gasteiger partial charge on any atom is -0.356 e. The molecule has 0 radical (unpaired) electrons. The van der Waals surface area contributed by atoms with Crippen LogP contribution in [0.2, 0.25) is 0 Å². The number of hydrogen-bond donors (Lipinski definition) is 1. The number of nitrogens with one attached hydrogen (secondary N) is 1. The van der Waals surface area contributed by atoms with E-state index >= 15 is 0 Å². The van der Waals surface area contributed by atoms with E-state index in [4.69, 9.17) is 0 Å². The van der Waals surface area contributed by atoms with E-state index in [1.54, 1.807) is 6.33 Å². The SMILES string of the molecule is Brc1c[nH]c2ncnc(N3CCCC3)c12. The molecular formula is C10H11BrN4. The topological polar surface area (TPSA) is 44.8 Å². The van der Waals surface area contributed by atoms with Gasteiger partial charge in [-0.05, 0) is 28.8 Å². The van der Waals surface area contributed by atoms with Crippen molar-refractivity contribution in [1.29, 1.82) is 0 Å². The Morgan fingerprint density at radius 1 is 1.27 bits per heavy atom. The number of nitrogens with zero attached hydrogens (tertiary/aromatic N) is 3. The predicted octanol–water partition coefficient (Wildman–Crippen LogP) is 2.32. The average Bonchev–Trinajstić information content (AvgIpc) is 2.88. The maximum absolute atomic E-state index is 4.39. The number of fused-ring (bicyclic) bond motifs is 1. The Labute approximate surface area is 95.8 Å². The highest BCUT2D eigenvalue weighted by Gasteiger charge is 2.18. The number of aromatic amines is 1. The lowest BCUT2D eigenvalue weighted by molar-refractivity contribution is 0.939. The zero-order valence-electron chi connectivity index (χ0n) is 8.20. The van der Waals surface area contributed by atoms with Gasteiger partial charge in [-0.25, -0.2) is 9.97 Å². The summed E-state index contributed by atoms with van der Waals surface area (Å²) >= 11 is 3.53. The summed E-state index contributed by atoms with van der Waals surface area (Å²) in [5.74, 6) is 1.05. The van der Waals surface area contributed by atoms with E-state index in [2.05, 4.69) is 35.8 Å². The number of halogens is 1. The van der Waals surface area contributed by atoms with Gasteiger partial charge in [-0.3, -0.25) is 0 Å². The molecule has 0 amide bonds. The third-order valence-electron chi connectivity index (χ3n) is 2.81. The largest absolute Gasteiger partial charge is 0.356 e. The van der Waals surface area contributed by atoms with Crippen molar-refractivity contribution >= 4 is 32.8 Å². The van der Waals surface area contributed by atoms with Crippen LogP contribution in [-0.2, 0) is 0 Å². The molecule has 0 aliphatic carbocycles. The second-order valence-electron chi connectivity index (χ2n) is 3.75. The number of hydrogen-bond acceptors (Lipinski definition) is 3. The minimum atomic E-state index is 0.902. The monoisotopic (exact) mass is 266 g/mol. The molecule has 1 aliphatic rings. The summed E-state index contributed by atoms with van der Waals surface area (Å²) in [5, 5.41) is 1.10. The summed E-state index contributed by atoms with van der Waals surface area (Å²) < 4.78 is 1.04. The molecule has 1 saturated heterocycles. The Balaban J connectivity index is 2.19. The summed E-state index contributed by atoms with van der Waals surface area (Å²) in [5.41, 5.74) is 0.902.